The highest BCUT2D eigenvalue weighted by atomic mass is 32.1. The highest BCUT2D eigenvalue weighted by molar-refractivity contribution is 7.13. The van der Waals surface area contributed by atoms with Gasteiger partial charge in [0.25, 0.3) is 5.56 Å². The van der Waals surface area contributed by atoms with E-state index in [0.717, 1.165) is 23.1 Å². The third kappa shape index (κ3) is 2.01. The minimum Gasteiger partial charge on any atom is -0.392 e. The monoisotopic (exact) mass is 250 g/mol. The van der Waals surface area contributed by atoms with Crippen LogP contribution in [0.2, 0.25) is 0 Å². The normalized spacial score (nSPS) is 21.4. The predicted octanol–water partition coefficient (Wildman–Crippen LogP) is 1.09. The molecule has 0 saturated carbocycles. The van der Waals surface area contributed by atoms with Crippen LogP contribution in [0.1, 0.15) is 6.42 Å². The Kier molecular flexibility index (Phi) is 2.74. The van der Waals surface area contributed by atoms with Crippen molar-refractivity contribution in [3.63, 3.8) is 0 Å². The Morgan fingerprint density at radius 1 is 1.41 bits per heavy atom. The SMILES string of the molecule is O=c1c2ccccc2sn1CN1CCC(O)C1. The summed E-state index contributed by atoms with van der Waals surface area (Å²) in [5.41, 5.74) is 0.0759. The molecule has 1 fully saturated rings. The molecule has 1 atom stereocenters. The van der Waals surface area contributed by atoms with E-state index < -0.39 is 0 Å². The summed E-state index contributed by atoms with van der Waals surface area (Å²) in [6.07, 6.45) is 0.569. The Morgan fingerprint density at radius 2 is 2.24 bits per heavy atom. The molecule has 0 radical (unpaired) electrons. The average molecular weight is 250 g/mol. The van der Waals surface area contributed by atoms with E-state index in [0.29, 0.717) is 13.2 Å². The summed E-state index contributed by atoms with van der Waals surface area (Å²) in [4.78, 5) is 14.2. The minimum absolute atomic E-state index is 0.0759. The largest absolute Gasteiger partial charge is 0.392 e. The van der Waals surface area contributed by atoms with E-state index in [4.69, 9.17) is 0 Å². The van der Waals surface area contributed by atoms with E-state index >= 15 is 0 Å². The van der Waals surface area contributed by atoms with E-state index in [1.54, 1.807) is 3.96 Å². The lowest BCUT2D eigenvalue weighted by Gasteiger charge is -2.13. The van der Waals surface area contributed by atoms with Crippen LogP contribution >= 0.6 is 11.5 Å². The smallest absolute Gasteiger partial charge is 0.269 e. The Hall–Kier alpha value is -1.17. The second-order valence-electron chi connectivity index (χ2n) is 4.43. The standard InChI is InChI=1S/C12H14N2O2S/c15-9-5-6-13(7-9)8-14-12(16)10-3-1-2-4-11(10)17-14/h1-4,9,15H,5-8H2. The maximum Gasteiger partial charge on any atom is 0.269 e. The maximum atomic E-state index is 12.1. The number of β-amino-alcohol motifs (C(OH)–C–C–N with tert-alkyl or cyclic N) is 1. The van der Waals surface area contributed by atoms with Gasteiger partial charge in [-0.1, -0.05) is 23.7 Å². The summed E-state index contributed by atoms with van der Waals surface area (Å²) in [5, 5.41) is 10.3. The zero-order valence-electron chi connectivity index (χ0n) is 9.37. The second-order valence-corrected chi connectivity index (χ2v) is 5.50. The van der Waals surface area contributed by atoms with Gasteiger partial charge in [0, 0.05) is 13.1 Å². The van der Waals surface area contributed by atoms with Gasteiger partial charge in [-0.15, -0.1) is 0 Å². The summed E-state index contributed by atoms with van der Waals surface area (Å²) in [6.45, 7) is 2.12. The number of hydrogen-bond donors (Lipinski definition) is 1. The molecule has 1 N–H and O–H groups in total. The fourth-order valence-electron chi connectivity index (χ4n) is 2.23. The lowest BCUT2D eigenvalue weighted by atomic mass is 10.3. The molecule has 1 aliphatic rings. The molecule has 17 heavy (non-hydrogen) atoms. The molecule has 1 aromatic carbocycles. The molecule has 2 aromatic rings. The molecule has 5 heteroatoms. The van der Waals surface area contributed by atoms with Gasteiger partial charge in [0.1, 0.15) is 0 Å². The molecule has 0 bridgehead atoms. The molecule has 2 heterocycles. The zero-order valence-corrected chi connectivity index (χ0v) is 10.2. The summed E-state index contributed by atoms with van der Waals surface area (Å²) in [5.74, 6) is 0. The quantitative estimate of drug-likeness (QED) is 0.867. The molecule has 0 aliphatic carbocycles. The summed E-state index contributed by atoms with van der Waals surface area (Å²) in [7, 11) is 0. The van der Waals surface area contributed by atoms with Crippen molar-refractivity contribution in [3.05, 3.63) is 34.6 Å². The van der Waals surface area contributed by atoms with Gasteiger partial charge in [0.05, 0.1) is 22.9 Å². The van der Waals surface area contributed by atoms with Crippen molar-refractivity contribution in [2.75, 3.05) is 13.1 Å². The summed E-state index contributed by atoms with van der Waals surface area (Å²) >= 11 is 1.49. The average Bonchev–Trinajstić information content (AvgIpc) is 2.86. The van der Waals surface area contributed by atoms with Crippen molar-refractivity contribution in [1.82, 2.24) is 8.86 Å². The number of likely N-dealkylation sites (tertiary alicyclic amines) is 1. The van der Waals surface area contributed by atoms with Gasteiger partial charge in [-0.2, -0.15) is 0 Å². The van der Waals surface area contributed by atoms with Gasteiger partial charge in [0.2, 0.25) is 0 Å². The van der Waals surface area contributed by atoms with E-state index in [-0.39, 0.29) is 11.7 Å². The number of benzene rings is 1. The molecule has 4 nitrogen and oxygen atoms in total. The number of fused-ring (bicyclic) bond motifs is 1. The van der Waals surface area contributed by atoms with E-state index in [1.807, 2.05) is 24.3 Å². The third-order valence-corrected chi connectivity index (χ3v) is 4.18. The zero-order chi connectivity index (χ0) is 11.8. The van der Waals surface area contributed by atoms with Crippen LogP contribution in [0.25, 0.3) is 10.1 Å². The van der Waals surface area contributed by atoms with Crippen LogP contribution in [-0.4, -0.2) is 33.2 Å². The van der Waals surface area contributed by atoms with Crippen molar-refractivity contribution in [1.29, 1.82) is 0 Å². The molecule has 1 aliphatic heterocycles. The topological polar surface area (TPSA) is 45.5 Å². The van der Waals surface area contributed by atoms with Crippen molar-refractivity contribution in [2.45, 2.75) is 19.2 Å². The molecule has 3 rings (SSSR count). The van der Waals surface area contributed by atoms with Crippen LogP contribution in [0, 0.1) is 0 Å². The number of rotatable bonds is 2. The van der Waals surface area contributed by atoms with Gasteiger partial charge in [-0.25, -0.2) is 3.96 Å². The molecule has 1 saturated heterocycles. The van der Waals surface area contributed by atoms with Crippen molar-refractivity contribution in [2.24, 2.45) is 0 Å². The van der Waals surface area contributed by atoms with Crippen LogP contribution in [0.5, 0.6) is 0 Å². The van der Waals surface area contributed by atoms with Crippen LogP contribution in [-0.2, 0) is 6.67 Å². The molecule has 1 unspecified atom stereocenters. The van der Waals surface area contributed by atoms with Gasteiger partial charge < -0.3 is 5.11 Å². The fourth-order valence-corrected chi connectivity index (χ4v) is 3.27. The Balaban J connectivity index is 1.90. The van der Waals surface area contributed by atoms with Gasteiger partial charge in [0.15, 0.2) is 0 Å². The van der Waals surface area contributed by atoms with Crippen LogP contribution in [0.15, 0.2) is 29.1 Å². The molecule has 1 aromatic heterocycles. The lowest BCUT2D eigenvalue weighted by molar-refractivity contribution is 0.167. The summed E-state index contributed by atoms with van der Waals surface area (Å²) < 4.78 is 2.79. The number of aliphatic hydroxyl groups excluding tert-OH is 1. The van der Waals surface area contributed by atoms with E-state index in [2.05, 4.69) is 4.90 Å². The first-order chi connectivity index (χ1) is 8.24. The Bertz CT molecular complexity index is 589. The Morgan fingerprint density at radius 3 is 2.94 bits per heavy atom. The van der Waals surface area contributed by atoms with Gasteiger partial charge >= 0.3 is 0 Å². The fraction of sp³-hybridized carbons (Fsp3) is 0.417. The highest BCUT2D eigenvalue weighted by Crippen LogP contribution is 2.17. The minimum atomic E-state index is -0.236. The molecule has 0 amide bonds. The molecular formula is C12H14N2O2S. The number of hydrogen-bond acceptors (Lipinski definition) is 4. The Labute approximate surface area is 103 Å². The molecular weight excluding hydrogens is 236 g/mol. The highest BCUT2D eigenvalue weighted by Gasteiger charge is 2.21. The number of nitrogens with zero attached hydrogens (tertiary/aromatic N) is 2. The van der Waals surface area contributed by atoms with E-state index in [1.165, 1.54) is 11.5 Å². The molecule has 90 valence electrons. The van der Waals surface area contributed by atoms with Gasteiger partial charge in [-0.05, 0) is 18.6 Å². The third-order valence-electron chi connectivity index (χ3n) is 3.13. The number of aromatic nitrogens is 1. The van der Waals surface area contributed by atoms with Crippen LogP contribution < -0.4 is 5.56 Å². The predicted molar refractivity (Wildman–Crippen MR) is 68.3 cm³/mol. The first kappa shape index (κ1) is 11.0. The number of aliphatic hydroxyl groups is 1. The van der Waals surface area contributed by atoms with Crippen molar-refractivity contribution in [3.8, 4) is 0 Å². The lowest BCUT2D eigenvalue weighted by Crippen LogP contribution is -2.28. The second kappa shape index (κ2) is 4.25. The van der Waals surface area contributed by atoms with Crippen LogP contribution in [0.3, 0.4) is 0 Å². The summed E-state index contributed by atoms with van der Waals surface area (Å²) in [6, 6.07) is 7.67. The van der Waals surface area contributed by atoms with Gasteiger partial charge in [-0.3, -0.25) is 9.69 Å². The van der Waals surface area contributed by atoms with Crippen molar-refractivity contribution < 1.29 is 5.11 Å². The first-order valence-corrected chi connectivity index (χ1v) is 6.50. The first-order valence-electron chi connectivity index (χ1n) is 5.73. The molecule has 0 spiro atoms. The van der Waals surface area contributed by atoms with Crippen molar-refractivity contribution >= 4 is 21.6 Å². The maximum absolute atomic E-state index is 12.1. The van der Waals surface area contributed by atoms with E-state index in [9.17, 15) is 9.90 Å². The van der Waals surface area contributed by atoms with Crippen LogP contribution in [0.4, 0.5) is 0 Å².